The van der Waals surface area contributed by atoms with Crippen molar-refractivity contribution in [1.82, 2.24) is 9.47 Å². The maximum atomic E-state index is 14.4. The van der Waals surface area contributed by atoms with Gasteiger partial charge in [-0.05, 0) is 37.6 Å². The number of likely N-dealkylation sites (tertiary alicyclic amines) is 1. The summed E-state index contributed by atoms with van der Waals surface area (Å²) in [4.78, 5) is 37.4. The molecule has 1 aliphatic rings. The maximum absolute atomic E-state index is 14.4. The zero-order chi connectivity index (χ0) is 19.4. The van der Waals surface area contributed by atoms with Crippen molar-refractivity contribution in [2.75, 3.05) is 18.4 Å². The van der Waals surface area contributed by atoms with Crippen molar-refractivity contribution in [2.45, 2.75) is 25.3 Å². The average Bonchev–Trinajstić information content (AvgIpc) is 2.64. The maximum Gasteiger partial charge on any atom is 0.255 e. The number of aromatic nitrogens is 1. The minimum atomic E-state index is -0.651. The van der Waals surface area contributed by atoms with Crippen LogP contribution in [0.5, 0.6) is 0 Å². The van der Waals surface area contributed by atoms with Gasteiger partial charge in [0.1, 0.15) is 5.82 Å². The molecule has 8 heteroatoms. The van der Waals surface area contributed by atoms with Gasteiger partial charge in [-0.25, -0.2) is 4.39 Å². The van der Waals surface area contributed by atoms with Crippen LogP contribution in [0.1, 0.15) is 19.3 Å². The van der Waals surface area contributed by atoms with Gasteiger partial charge in [0, 0.05) is 18.3 Å². The van der Waals surface area contributed by atoms with Gasteiger partial charge >= 0.3 is 0 Å². The van der Waals surface area contributed by atoms with Crippen LogP contribution in [0, 0.1) is 5.82 Å². The number of pyridine rings is 1. The molecule has 2 heterocycles. The van der Waals surface area contributed by atoms with Gasteiger partial charge in [-0.1, -0.05) is 12.5 Å². The summed E-state index contributed by atoms with van der Waals surface area (Å²) in [6.07, 6.45) is 3.93. The molecule has 142 valence electrons. The first kappa shape index (κ1) is 18.8. The molecule has 0 radical (unpaired) electrons. The van der Waals surface area contributed by atoms with E-state index in [1.165, 1.54) is 29.0 Å². The Labute approximate surface area is 155 Å². The predicted molar refractivity (Wildman–Crippen MR) is 99.0 cm³/mol. The second-order valence-corrected chi connectivity index (χ2v) is 6.51. The zero-order valence-corrected chi connectivity index (χ0v) is 14.7. The molecule has 0 aliphatic carbocycles. The number of benzene rings is 1. The summed E-state index contributed by atoms with van der Waals surface area (Å²) in [6, 6.07) is 8.32. The molecule has 1 aliphatic heterocycles. The lowest BCUT2D eigenvalue weighted by molar-refractivity contribution is -0.126. The van der Waals surface area contributed by atoms with E-state index in [2.05, 4.69) is 5.32 Å². The molecule has 2 amide bonds. The minimum Gasteiger partial charge on any atom is -0.368 e. The number of nitrogens with two attached hydrogens (primary N) is 1. The third-order valence-corrected chi connectivity index (χ3v) is 4.62. The largest absolute Gasteiger partial charge is 0.368 e. The zero-order valence-electron chi connectivity index (χ0n) is 14.7. The van der Waals surface area contributed by atoms with Crippen LogP contribution in [-0.2, 0) is 9.59 Å². The van der Waals surface area contributed by atoms with Crippen LogP contribution in [0.25, 0.3) is 5.69 Å². The highest BCUT2D eigenvalue weighted by molar-refractivity contribution is 5.93. The number of piperidine rings is 1. The quantitative estimate of drug-likeness (QED) is 0.826. The first-order valence-corrected chi connectivity index (χ1v) is 8.76. The van der Waals surface area contributed by atoms with E-state index >= 15 is 0 Å². The molecule has 0 saturated carbocycles. The van der Waals surface area contributed by atoms with Gasteiger partial charge in [-0.2, -0.15) is 0 Å². The number of hydrogen-bond acceptors (Lipinski definition) is 4. The SMILES string of the molecule is NC(=O)C1CCCCN1CC(=O)Nc1ccc(-n2ccccc2=O)cc1F. The molecule has 1 aromatic carbocycles. The first-order valence-electron chi connectivity index (χ1n) is 8.76. The summed E-state index contributed by atoms with van der Waals surface area (Å²) in [5, 5.41) is 2.52. The standard InChI is InChI=1S/C19H21FN4O3/c20-14-11-13(24-10-4-2-6-18(24)26)7-8-15(14)22-17(25)12-23-9-3-1-5-16(23)19(21)27/h2,4,6-8,10-11,16H,1,3,5,9,12H2,(H2,21,27)(H,22,25). The Morgan fingerprint density at radius 2 is 2.04 bits per heavy atom. The van der Waals surface area contributed by atoms with Gasteiger partial charge in [0.05, 0.1) is 24.0 Å². The van der Waals surface area contributed by atoms with Crippen molar-refractivity contribution >= 4 is 17.5 Å². The van der Waals surface area contributed by atoms with Crippen molar-refractivity contribution < 1.29 is 14.0 Å². The summed E-state index contributed by atoms with van der Waals surface area (Å²) in [5.74, 6) is -1.53. The Morgan fingerprint density at radius 1 is 1.22 bits per heavy atom. The van der Waals surface area contributed by atoms with Crippen LogP contribution in [0.3, 0.4) is 0 Å². The topological polar surface area (TPSA) is 97.4 Å². The fraction of sp³-hybridized carbons (Fsp3) is 0.316. The van der Waals surface area contributed by atoms with Crippen molar-refractivity contribution in [3.63, 3.8) is 0 Å². The molecule has 27 heavy (non-hydrogen) atoms. The number of rotatable bonds is 5. The second kappa shape index (κ2) is 8.13. The number of anilines is 1. The smallest absolute Gasteiger partial charge is 0.255 e. The predicted octanol–water partition coefficient (Wildman–Crippen LogP) is 1.25. The molecule has 1 fully saturated rings. The van der Waals surface area contributed by atoms with E-state index in [1.54, 1.807) is 23.1 Å². The lowest BCUT2D eigenvalue weighted by Crippen LogP contribution is -2.50. The van der Waals surface area contributed by atoms with Gasteiger partial charge in [0.25, 0.3) is 5.56 Å². The van der Waals surface area contributed by atoms with Gasteiger partial charge in [-0.3, -0.25) is 23.9 Å². The molecular weight excluding hydrogens is 351 g/mol. The van der Waals surface area contributed by atoms with E-state index < -0.39 is 23.7 Å². The number of nitrogens with zero attached hydrogens (tertiary/aromatic N) is 2. The number of halogens is 1. The van der Waals surface area contributed by atoms with E-state index in [0.29, 0.717) is 18.7 Å². The van der Waals surface area contributed by atoms with Crippen LogP contribution in [0.15, 0.2) is 47.4 Å². The monoisotopic (exact) mass is 372 g/mol. The average molecular weight is 372 g/mol. The molecule has 3 N–H and O–H groups in total. The number of carbonyl (C=O) groups is 2. The minimum absolute atomic E-state index is 0.0142. The van der Waals surface area contributed by atoms with E-state index in [1.807, 2.05) is 0 Å². The first-order chi connectivity index (χ1) is 13.0. The van der Waals surface area contributed by atoms with Crippen LogP contribution in [0.2, 0.25) is 0 Å². The molecule has 3 rings (SSSR count). The Balaban J connectivity index is 1.70. The van der Waals surface area contributed by atoms with Crippen LogP contribution in [0.4, 0.5) is 10.1 Å². The van der Waals surface area contributed by atoms with Crippen LogP contribution in [-0.4, -0.2) is 40.4 Å². The van der Waals surface area contributed by atoms with E-state index in [4.69, 9.17) is 5.73 Å². The van der Waals surface area contributed by atoms with Crippen molar-refractivity contribution in [3.8, 4) is 5.69 Å². The van der Waals surface area contributed by atoms with Crippen molar-refractivity contribution in [1.29, 1.82) is 0 Å². The Kier molecular flexibility index (Phi) is 5.66. The number of carbonyl (C=O) groups excluding carboxylic acids is 2. The highest BCUT2D eigenvalue weighted by Gasteiger charge is 2.28. The van der Waals surface area contributed by atoms with E-state index in [-0.39, 0.29) is 17.8 Å². The summed E-state index contributed by atoms with van der Waals surface area (Å²) in [6.45, 7) is 0.562. The van der Waals surface area contributed by atoms with E-state index in [9.17, 15) is 18.8 Å². The van der Waals surface area contributed by atoms with Crippen LogP contribution < -0.4 is 16.6 Å². The van der Waals surface area contributed by atoms with Crippen molar-refractivity contribution in [3.05, 3.63) is 58.8 Å². The Hall–Kier alpha value is -3.00. The highest BCUT2D eigenvalue weighted by Crippen LogP contribution is 2.19. The number of nitrogens with one attached hydrogen (secondary N) is 1. The second-order valence-electron chi connectivity index (χ2n) is 6.51. The molecule has 1 unspecified atom stereocenters. The molecule has 1 aromatic heterocycles. The fourth-order valence-electron chi connectivity index (χ4n) is 3.27. The van der Waals surface area contributed by atoms with E-state index in [0.717, 1.165) is 12.8 Å². The normalized spacial score (nSPS) is 17.4. The molecule has 0 spiro atoms. The third kappa shape index (κ3) is 4.40. The Bertz CT molecular complexity index is 912. The van der Waals surface area contributed by atoms with Gasteiger partial charge < -0.3 is 11.1 Å². The van der Waals surface area contributed by atoms with Gasteiger partial charge in [-0.15, -0.1) is 0 Å². The number of primary amides is 1. The number of hydrogen-bond donors (Lipinski definition) is 2. The van der Waals surface area contributed by atoms with Gasteiger partial charge in [0.2, 0.25) is 11.8 Å². The molecule has 7 nitrogen and oxygen atoms in total. The Morgan fingerprint density at radius 3 is 2.74 bits per heavy atom. The molecule has 0 bridgehead atoms. The lowest BCUT2D eigenvalue weighted by Gasteiger charge is -2.32. The van der Waals surface area contributed by atoms with Crippen molar-refractivity contribution in [2.24, 2.45) is 5.73 Å². The summed E-state index contributed by atoms with van der Waals surface area (Å²) >= 11 is 0. The third-order valence-electron chi connectivity index (χ3n) is 4.62. The summed E-state index contributed by atoms with van der Waals surface area (Å²) in [5.41, 5.74) is 5.49. The lowest BCUT2D eigenvalue weighted by atomic mass is 10.0. The highest BCUT2D eigenvalue weighted by atomic mass is 19.1. The summed E-state index contributed by atoms with van der Waals surface area (Å²) < 4.78 is 15.7. The van der Waals surface area contributed by atoms with Crippen LogP contribution >= 0.6 is 0 Å². The molecule has 1 saturated heterocycles. The number of amides is 2. The fourth-order valence-corrected chi connectivity index (χ4v) is 3.27. The summed E-state index contributed by atoms with van der Waals surface area (Å²) in [7, 11) is 0. The molecular formula is C19H21FN4O3. The molecule has 2 aromatic rings. The molecule has 1 atom stereocenters. The van der Waals surface area contributed by atoms with Gasteiger partial charge in [0.15, 0.2) is 0 Å².